The fourth-order valence-corrected chi connectivity index (χ4v) is 4.28. The topological polar surface area (TPSA) is 127 Å². The van der Waals surface area contributed by atoms with Crippen molar-refractivity contribution in [1.82, 2.24) is 14.3 Å². The molecule has 0 spiro atoms. The molecule has 1 aliphatic heterocycles. The number of hydrogen-bond acceptors (Lipinski definition) is 7. The second-order valence-electron chi connectivity index (χ2n) is 7.45. The van der Waals surface area contributed by atoms with Crippen molar-refractivity contribution in [2.24, 2.45) is 7.05 Å². The molecule has 2 heterocycles. The van der Waals surface area contributed by atoms with Gasteiger partial charge in [0.2, 0.25) is 15.8 Å². The molecule has 1 aromatic heterocycles. The van der Waals surface area contributed by atoms with Crippen molar-refractivity contribution in [2.75, 3.05) is 24.2 Å². The number of rotatable bonds is 8. The van der Waals surface area contributed by atoms with Gasteiger partial charge in [-0.05, 0) is 37.8 Å². The first-order valence-electron chi connectivity index (χ1n) is 9.69. The highest BCUT2D eigenvalue weighted by atomic mass is 32.2. The van der Waals surface area contributed by atoms with Gasteiger partial charge in [0.25, 0.3) is 5.69 Å². The SMILES string of the molecule is Cn1ccnc1C(=O)c1ccc(N2CCCC[C@H]2CCNS(C)(=O)=O)c([N+](=O)[O-])c1. The van der Waals surface area contributed by atoms with Crippen LogP contribution in [0.25, 0.3) is 0 Å². The number of carbonyl (C=O) groups is 1. The lowest BCUT2D eigenvalue weighted by Gasteiger charge is -2.37. The molecule has 1 N–H and O–H groups in total. The van der Waals surface area contributed by atoms with Gasteiger partial charge >= 0.3 is 0 Å². The van der Waals surface area contributed by atoms with Crippen LogP contribution >= 0.6 is 0 Å². The van der Waals surface area contributed by atoms with Crippen LogP contribution in [0.5, 0.6) is 0 Å². The number of aromatic nitrogens is 2. The van der Waals surface area contributed by atoms with Crippen molar-refractivity contribution in [1.29, 1.82) is 0 Å². The van der Waals surface area contributed by atoms with E-state index in [2.05, 4.69) is 9.71 Å². The number of hydrogen-bond donors (Lipinski definition) is 1. The molecular formula is C19H25N5O5S. The van der Waals surface area contributed by atoms with E-state index in [1.165, 1.54) is 12.3 Å². The highest BCUT2D eigenvalue weighted by Crippen LogP contribution is 2.35. The molecule has 162 valence electrons. The average Bonchev–Trinajstić information content (AvgIpc) is 3.12. The summed E-state index contributed by atoms with van der Waals surface area (Å²) in [5.41, 5.74) is 0.505. The van der Waals surface area contributed by atoms with Crippen LogP contribution in [0.15, 0.2) is 30.6 Å². The van der Waals surface area contributed by atoms with Gasteiger partial charge in [-0.15, -0.1) is 0 Å². The maximum absolute atomic E-state index is 12.7. The van der Waals surface area contributed by atoms with Crippen molar-refractivity contribution in [3.63, 3.8) is 0 Å². The summed E-state index contributed by atoms with van der Waals surface area (Å²) in [7, 11) is -1.60. The number of anilines is 1. The normalized spacial score (nSPS) is 17.1. The van der Waals surface area contributed by atoms with E-state index in [1.807, 2.05) is 4.90 Å². The van der Waals surface area contributed by atoms with Gasteiger partial charge in [-0.25, -0.2) is 18.1 Å². The number of nitrogens with zero attached hydrogens (tertiary/aromatic N) is 4. The minimum atomic E-state index is -3.29. The molecule has 0 bridgehead atoms. The van der Waals surface area contributed by atoms with Crippen LogP contribution in [0, 0.1) is 10.1 Å². The smallest absolute Gasteiger partial charge is 0.293 e. The molecule has 1 aromatic carbocycles. The fraction of sp³-hybridized carbons (Fsp3) is 0.474. The Morgan fingerprint density at radius 3 is 2.77 bits per heavy atom. The van der Waals surface area contributed by atoms with E-state index in [4.69, 9.17) is 0 Å². The molecule has 1 atom stereocenters. The Morgan fingerprint density at radius 2 is 2.13 bits per heavy atom. The second-order valence-corrected chi connectivity index (χ2v) is 9.28. The summed E-state index contributed by atoms with van der Waals surface area (Å²) in [6, 6.07) is 4.46. The number of benzene rings is 1. The summed E-state index contributed by atoms with van der Waals surface area (Å²) in [6.45, 7) is 0.903. The number of carbonyl (C=O) groups excluding carboxylic acids is 1. The van der Waals surface area contributed by atoms with Crippen molar-refractivity contribution in [3.8, 4) is 0 Å². The van der Waals surface area contributed by atoms with E-state index in [1.54, 1.807) is 29.9 Å². The lowest BCUT2D eigenvalue weighted by Crippen LogP contribution is -2.42. The Morgan fingerprint density at radius 1 is 1.37 bits per heavy atom. The van der Waals surface area contributed by atoms with E-state index >= 15 is 0 Å². The molecule has 11 heteroatoms. The summed E-state index contributed by atoms with van der Waals surface area (Å²) in [4.78, 5) is 30.0. The van der Waals surface area contributed by atoms with Gasteiger partial charge in [0.1, 0.15) is 5.69 Å². The van der Waals surface area contributed by atoms with E-state index in [0.717, 1.165) is 25.5 Å². The monoisotopic (exact) mass is 435 g/mol. The van der Waals surface area contributed by atoms with Gasteiger partial charge < -0.3 is 9.47 Å². The van der Waals surface area contributed by atoms with Gasteiger partial charge in [0.05, 0.1) is 11.2 Å². The first-order chi connectivity index (χ1) is 14.2. The standard InChI is InChI=1S/C19H25N5O5S/c1-22-12-10-20-19(22)18(25)14-6-7-16(17(13-14)24(26)27)23-11-4-3-5-15(23)8-9-21-30(2,28)29/h6-7,10,12-13,15,21H,3-5,8-9,11H2,1-2H3/t15-/m0/s1. The Hall–Kier alpha value is -2.79. The van der Waals surface area contributed by atoms with E-state index in [-0.39, 0.29) is 35.4 Å². The van der Waals surface area contributed by atoms with Crippen molar-refractivity contribution in [2.45, 2.75) is 31.7 Å². The Kier molecular flexibility index (Phi) is 6.52. The maximum atomic E-state index is 12.7. The zero-order valence-corrected chi connectivity index (χ0v) is 17.8. The van der Waals surface area contributed by atoms with Crippen LogP contribution in [0.2, 0.25) is 0 Å². The third kappa shape index (κ3) is 5.03. The van der Waals surface area contributed by atoms with Crippen LogP contribution in [0.3, 0.4) is 0 Å². The highest BCUT2D eigenvalue weighted by molar-refractivity contribution is 7.88. The minimum absolute atomic E-state index is 0.0252. The third-order valence-corrected chi connectivity index (χ3v) is 5.97. The van der Waals surface area contributed by atoms with E-state index < -0.39 is 14.9 Å². The largest absolute Gasteiger partial charge is 0.363 e. The summed E-state index contributed by atoms with van der Waals surface area (Å²) in [5.74, 6) is -0.176. The second kappa shape index (κ2) is 8.92. The van der Waals surface area contributed by atoms with E-state index in [0.29, 0.717) is 18.7 Å². The molecule has 0 amide bonds. The molecular weight excluding hydrogens is 410 g/mol. The molecule has 2 aromatic rings. The van der Waals surface area contributed by atoms with Crippen LogP contribution in [0.4, 0.5) is 11.4 Å². The molecule has 1 aliphatic rings. The highest BCUT2D eigenvalue weighted by Gasteiger charge is 2.29. The first-order valence-corrected chi connectivity index (χ1v) is 11.6. The third-order valence-electron chi connectivity index (χ3n) is 5.24. The molecule has 1 saturated heterocycles. The lowest BCUT2D eigenvalue weighted by molar-refractivity contribution is -0.384. The lowest BCUT2D eigenvalue weighted by atomic mass is 9.97. The summed E-state index contributed by atoms with van der Waals surface area (Å²) in [6.07, 6.45) is 7.46. The molecule has 30 heavy (non-hydrogen) atoms. The van der Waals surface area contributed by atoms with Crippen molar-refractivity contribution in [3.05, 3.63) is 52.1 Å². The number of sulfonamides is 1. The molecule has 0 radical (unpaired) electrons. The predicted octanol–water partition coefficient (Wildman–Crippen LogP) is 1.86. The molecule has 0 aliphatic carbocycles. The number of piperidine rings is 1. The number of imidazole rings is 1. The van der Waals surface area contributed by atoms with E-state index in [9.17, 15) is 23.3 Å². The molecule has 3 rings (SSSR count). The molecule has 0 saturated carbocycles. The van der Waals surface area contributed by atoms with Crippen LogP contribution < -0.4 is 9.62 Å². The van der Waals surface area contributed by atoms with Crippen LogP contribution in [-0.2, 0) is 17.1 Å². The van der Waals surface area contributed by atoms with Crippen molar-refractivity contribution < 1.29 is 18.1 Å². The minimum Gasteiger partial charge on any atom is -0.363 e. The summed E-state index contributed by atoms with van der Waals surface area (Å²) in [5, 5.41) is 11.8. The molecule has 0 unspecified atom stereocenters. The molecule has 1 fully saturated rings. The zero-order chi connectivity index (χ0) is 21.9. The number of nitro groups is 1. The summed E-state index contributed by atoms with van der Waals surface area (Å²) < 4.78 is 26.7. The number of ketones is 1. The van der Waals surface area contributed by atoms with Crippen LogP contribution in [-0.4, -0.2) is 54.1 Å². The van der Waals surface area contributed by atoms with Crippen LogP contribution in [0.1, 0.15) is 41.9 Å². The predicted molar refractivity (Wildman–Crippen MR) is 112 cm³/mol. The zero-order valence-electron chi connectivity index (χ0n) is 16.9. The summed E-state index contributed by atoms with van der Waals surface area (Å²) >= 11 is 0. The Balaban J connectivity index is 1.88. The van der Waals surface area contributed by atoms with Gasteiger partial charge in [-0.3, -0.25) is 14.9 Å². The van der Waals surface area contributed by atoms with Gasteiger partial charge in [0, 0.05) is 50.2 Å². The van der Waals surface area contributed by atoms with Gasteiger partial charge in [0.15, 0.2) is 5.82 Å². The maximum Gasteiger partial charge on any atom is 0.293 e. The van der Waals surface area contributed by atoms with Gasteiger partial charge in [-0.2, -0.15) is 0 Å². The Bertz CT molecular complexity index is 1050. The number of aryl methyl sites for hydroxylation is 1. The fourth-order valence-electron chi connectivity index (χ4n) is 3.80. The molecule has 10 nitrogen and oxygen atoms in total. The van der Waals surface area contributed by atoms with Gasteiger partial charge in [-0.1, -0.05) is 0 Å². The first kappa shape index (κ1) is 21.9. The Labute approximate surface area is 175 Å². The quantitative estimate of drug-likeness (QED) is 0.381. The van der Waals surface area contributed by atoms with Crippen molar-refractivity contribution >= 4 is 27.2 Å². The number of nitro benzene ring substituents is 1. The average molecular weight is 436 g/mol. The number of nitrogens with one attached hydrogen (secondary N) is 1.